The third-order valence-corrected chi connectivity index (χ3v) is 4.73. The van der Waals surface area contributed by atoms with Gasteiger partial charge in [0.15, 0.2) is 6.29 Å². The number of hydrogen-bond acceptors (Lipinski definition) is 3. The summed E-state index contributed by atoms with van der Waals surface area (Å²) in [4.78, 5) is 2.41. The molecule has 4 nitrogen and oxygen atoms in total. The lowest BCUT2D eigenvalue weighted by Crippen LogP contribution is -2.36. The number of unbranched alkanes of at least 4 members (excludes halogenated alkanes) is 2. The van der Waals surface area contributed by atoms with Crippen LogP contribution in [0.25, 0.3) is 10.9 Å². The van der Waals surface area contributed by atoms with Crippen molar-refractivity contribution in [1.29, 1.82) is 0 Å². The maximum atomic E-state index is 5.78. The molecule has 0 spiro atoms. The van der Waals surface area contributed by atoms with Crippen LogP contribution in [0.5, 0.6) is 0 Å². The van der Waals surface area contributed by atoms with Gasteiger partial charge in [0.25, 0.3) is 0 Å². The van der Waals surface area contributed by atoms with E-state index in [2.05, 4.69) is 53.8 Å². The van der Waals surface area contributed by atoms with Crippen molar-refractivity contribution >= 4 is 16.6 Å². The van der Waals surface area contributed by atoms with Gasteiger partial charge >= 0.3 is 0 Å². The van der Waals surface area contributed by atoms with Crippen LogP contribution in [0.2, 0.25) is 0 Å². The fraction of sp³-hybridized carbons (Fsp3) is 0.636. The molecule has 1 aromatic carbocycles. The SMILES string of the molecule is CCCCN(CC(OCC)OCC)c1ccc2c(ccn2CCCC)c1. The van der Waals surface area contributed by atoms with Gasteiger partial charge in [-0.2, -0.15) is 0 Å². The van der Waals surface area contributed by atoms with Crippen LogP contribution in [-0.4, -0.2) is 37.2 Å². The maximum Gasteiger partial charge on any atom is 0.174 e. The Morgan fingerprint density at radius 1 is 0.962 bits per heavy atom. The van der Waals surface area contributed by atoms with Crippen molar-refractivity contribution in [3.8, 4) is 0 Å². The Kier molecular flexibility index (Phi) is 8.99. The summed E-state index contributed by atoms with van der Waals surface area (Å²) in [5.41, 5.74) is 2.58. The molecular formula is C22H36N2O2. The van der Waals surface area contributed by atoms with Crippen LogP contribution in [0.4, 0.5) is 5.69 Å². The summed E-state index contributed by atoms with van der Waals surface area (Å²) in [7, 11) is 0. The molecule has 2 aromatic rings. The first-order chi connectivity index (χ1) is 12.7. The quantitative estimate of drug-likeness (QED) is 0.445. The van der Waals surface area contributed by atoms with Gasteiger partial charge in [-0.25, -0.2) is 0 Å². The zero-order valence-corrected chi connectivity index (χ0v) is 17.0. The molecule has 26 heavy (non-hydrogen) atoms. The van der Waals surface area contributed by atoms with Gasteiger partial charge in [-0.05, 0) is 51.0 Å². The third kappa shape index (κ3) is 5.75. The fourth-order valence-electron chi connectivity index (χ4n) is 3.29. The molecule has 0 saturated carbocycles. The smallest absolute Gasteiger partial charge is 0.174 e. The molecule has 0 amide bonds. The second-order valence-corrected chi connectivity index (χ2v) is 6.75. The molecule has 2 rings (SSSR count). The van der Waals surface area contributed by atoms with E-state index in [4.69, 9.17) is 9.47 Å². The van der Waals surface area contributed by atoms with Gasteiger partial charge < -0.3 is 18.9 Å². The molecule has 1 heterocycles. The Morgan fingerprint density at radius 2 is 1.69 bits per heavy atom. The number of fused-ring (bicyclic) bond motifs is 1. The van der Waals surface area contributed by atoms with Gasteiger partial charge in [0, 0.05) is 49.1 Å². The number of aryl methyl sites for hydroxylation is 1. The summed E-state index contributed by atoms with van der Waals surface area (Å²) in [6.07, 6.45) is 6.83. The van der Waals surface area contributed by atoms with Gasteiger partial charge in [0.2, 0.25) is 0 Å². The molecule has 146 valence electrons. The lowest BCUT2D eigenvalue weighted by Gasteiger charge is -2.29. The van der Waals surface area contributed by atoms with Crippen molar-refractivity contribution in [3.05, 3.63) is 30.5 Å². The van der Waals surface area contributed by atoms with Crippen molar-refractivity contribution in [3.63, 3.8) is 0 Å². The van der Waals surface area contributed by atoms with Crippen molar-refractivity contribution < 1.29 is 9.47 Å². The summed E-state index contributed by atoms with van der Waals surface area (Å²) in [6, 6.07) is 9.04. The largest absolute Gasteiger partial charge is 0.366 e. The Labute approximate surface area is 159 Å². The number of rotatable bonds is 13. The standard InChI is InChI=1S/C22H36N2O2/c1-5-9-14-23-16-13-19-17-20(11-12-21(19)23)24(15-10-6-2)18-22(25-7-3)26-8-4/h11-13,16-17,22H,5-10,14-15,18H2,1-4H3. The van der Waals surface area contributed by atoms with Gasteiger partial charge in [0.1, 0.15) is 0 Å². The molecular weight excluding hydrogens is 324 g/mol. The predicted octanol–water partition coefficient (Wildman–Crippen LogP) is 5.45. The first kappa shape index (κ1) is 20.8. The highest BCUT2D eigenvalue weighted by Crippen LogP contribution is 2.24. The third-order valence-electron chi connectivity index (χ3n) is 4.73. The Hall–Kier alpha value is -1.52. The maximum absolute atomic E-state index is 5.78. The van der Waals surface area contributed by atoms with Crippen LogP contribution in [0.1, 0.15) is 53.4 Å². The molecule has 0 saturated heterocycles. The van der Waals surface area contributed by atoms with Crippen LogP contribution in [0.15, 0.2) is 30.5 Å². The molecule has 0 bridgehead atoms. The molecule has 1 aromatic heterocycles. The normalized spacial score (nSPS) is 11.6. The minimum absolute atomic E-state index is 0.174. The van der Waals surface area contributed by atoms with Gasteiger partial charge in [-0.15, -0.1) is 0 Å². The molecule has 0 N–H and O–H groups in total. The number of ether oxygens (including phenoxy) is 2. The minimum Gasteiger partial charge on any atom is -0.366 e. The van der Waals surface area contributed by atoms with E-state index in [1.54, 1.807) is 0 Å². The van der Waals surface area contributed by atoms with Crippen LogP contribution in [0, 0.1) is 0 Å². The summed E-state index contributed by atoms with van der Waals surface area (Å²) < 4.78 is 13.9. The van der Waals surface area contributed by atoms with Gasteiger partial charge in [0.05, 0.1) is 6.54 Å². The highest BCUT2D eigenvalue weighted by atomic mass is 16.7. The monoisotopic (exact) mass is 360 g/mol. The lowest BCUT2D eigenvalue weighted by atomic mass is 10.2. The first-order valence-corrected chi connectivity index (χ1v) is 10.3. The number of benzene rings is 1. The van der Waals surface area contributed by atoms with Crippen molar-refractivity contribution in [2.45, 2.75) is 66.2 Å². The summed E-state index contributed by atoms with van der Waals surface area (Å²) in [6.45, 7) is 12.7. The second-order valence-electron chi connectivity index (χ2n) is 6.75. The van der Waals surface area contributed by atoms with Gasteiger partial charge in [-0.1, -0.05) is 26.7 Å². The highest BCUT2D eigenvalue weighted by Gasteiger charge is 2.16. The van der Waals surface area contributed by atoms with E-state index in [9.17, 15) is 0 Å². The van der Waals surface area contributed by atoms with E-state index in [0.29, 0.717) is 13.2 Å². The molecule has 0 aliphatic carbocycles. The van der Waals surface area contributed by atoms with Crippen LogP contribution in [0.3, 0.4) is 0 Å². The zero-order valence-electron chi connectivity index (χ0n) is 17.0. The van der Waals surface area contributed by atoms with Crippen LogP contribution < -0.4 is 4.90 Å². The molecule has 0 unspecified atom stereocenters. The molecule has 0 atom stereocenters. The lowest BCUT2D eigenvalue weighted by molar-refractivity contribution is -0.129. The number of nitrogens with zero attached hydrogens (tertiary/aromatic N) is 2. The summed E-state index contributed by atoms with van der Waals surface area (Å²) >= 11 is 0. The van der Waals surface area contributed by atoms with Crippen molar-refractivity contribution in [2.24, 2.45) is 0 Å². The van der Waals surface area contributed by atoms with Crippen LogP contribution in [-0.2, 0) is 16.0 Å². The summed E-state index contributed by atoms with van der Waals surface area (Å²) in [5.74, 6) is 0. The van der Waals surface area contributed by atoms with Crippen molar-refractivity contribution in [1.82, 2.24) is 4.57 Å². The Balaban J connectivity index is 2.20. The van der Waals surface area contributed by atoms with Crippen molar-refractivity contribution in [2.75, 3.05) is 31.2 Å². The van der Waals surface area contributed by atoms with Crippen LogP contribution >= 0.6 is 0 Å². The average molecular weight is 361 g/mol. The van der Waals surface area contributed by atoms with E-state index >= 15 is 0 Å². The van der Waals surface area contributed by atoms with E-state index in [0.717, 1.165) is 19.6 Å². The predicted molar refractivity (Wildman–Crippen MR) is 111 cm³/mol. The second kappa shape index (κ2) is 11.2. The minimum atomic E-state index is -0.174. The topological polar surface area (TPSA) is 26.6 Å². The van der Waals surface area contributed by atoms with Gasteiger partial charge in [-0.3, -0.25) is 0 Å². The fourth-order valence-corrected chi connectivity index (χ4v) is 3.29. The number of anilines is 1. The highest BCUT2D eigenvalue weighted by molar-refractivity contribution is 5.84. The average Bonchev–Trinajstić information content (AvgIpc) is 3.05. The summed E-state index contributed by atoms with van der Waals surface area (Å²) in [5, 5.41) is 1.31. The van der Waals surface area contributed by atoms with E-state index < -0.39 is 0 Å². The molecule has 0 fully saturated rings. The first-order valence-electron chi connectivity index (χ1n) is 10.3. The molecule has 0 aliphatic rings. The molecule has 4 heteroatoms. The number of hydrogen-bond donors (Lipinski definition) is 0. The molecule has 0 aliphatic heterocycles. The van der Waals surface area contributed by atoms with E-state index in [-0.39, 0.29) is 6.29 Å². The Morgan fingerprint density at radius 3 is 2.35 bits per heavy atom. The van der Waals surface area contributed by atoms with E-state index in [1.807, 2.05) is 13.8 Å². The number of aromatic nitrogens is 1. The van der Waals surface area contributed by atoms with E-state index in [1.165, 1.54) is 42.3 Å². The molecule has 0 radical (unpaired) electrons. The zero-order chi connectivity index (χ0) is 18.8. The Bertz CT molecular complexity index is 632.